The first-order valence-corrected chi connectivity index (χ1v) is 8.89. The molecule has 136 valence electrons. The molecule has 5 nitrogen and oxygen atoms in total. The highest BCUT2D eigenvalue weighted by molar-refractivity contribution is 6.42. The van der Waals surface area contributed by atoms with E-state index in [0.717, 1.165) is 11.1 Å². The minimum atomic E-state index is -1.05. The van der Waals surface area contributed by atoms with E-state index in [4.69, 9.17) is 23.2 Å². The number of carbonyl (C=O) groups excluding carboxylic acids is 2. The summed E-state index contributed by atoms with van der Waals surface area (Å²) in [5.74, 6) is -0.269. The van der Waals surface area contributed by atoms with E-state index in [-0.39, 0.29) is 12.6 Å². The van der Waals surface area contributed by atoms with Gasteiger partial charge in [-0.25, -0.2) is 9.69 Å². The van der Waals surface area contributed by atoms with Gasteiger partial charge in [0.2, 0.25) is 0 Å². The number of carbonyl (C=O) groups is 2. The zero-order valence-electron chi connectivity index (χ0n) is 14.5. The minimum Gasteiger partial charge on any atom is -0.319 e. The molecule has 0 aliphatic carbocycles. The SMILES string of the molecule is CN(Cc1ccc(Cl)c(Cl)c1)CN1C(=O)N[C@@](C)(c2ccccc2)C1=O. The van der Waals surface area contributed by atoms with E-state index in [1.807, 2.05) is 48.3 Å². The van der Waals surface area contributed by atoms with Gasteiger partial charge in [0.15, 0.2) is 0 Å². The molecule has 0 unspecified atom stereocenters. The second kappa shape index (κ2) is 7.27. The Balaban J connectivity index is 1.72. The van der Waals surface area contributed by atoms with Crippen molar-refractivity contribution in [2.24, 2.45) is 0 Å². The molecule has 0 radical (unpaired) electrons. The van der Waals surface area contributed by atoms with E-state index in [2.05, 4.69) is 5.32 Å². The van der Waals surface area contributed by atoms with Crippen LogP contribution in [0.1, 0.15) is 18.1 Å². The van der Waals surface area contributed by atoms with E-state index >= 15 is 0 Å². The number of imide groups is 1. The number of hydrogen-bond acceptors (Lipinski definition) is 3. The molecule has 1 aliphatic heterocycles. The highest BCUT2D eigenvalue weighted by atomic mass is 35.5. The molecular formula is C19H19Cl2N3O2. The fourth-order valence-electron chi connectivity index (χ4n) is 3.03. The molecule has 1 N–H and O–H groups in total. The van der Waals surface area contributed by atoms with E-state index in [1.165, 1.54) is 4.90 Å². The molecule has 3 rings (SSSR count). The molecule has 0 saturated carbocycles. The standard InChI is InChI=1S/C19H19Cl2N3O2/c1-19(14-6-4-3-5-7-14)17(25)24(18(26)22-19)12-23(2)11-13-8-9-15(20)16(21)10-13/h3-10H,11-12H2,1-2H3,(H,22,26)/t19-/m0/s1. The van der Waals surface area contributed by atoms with Crippen LogP contribution in [0.5, 0.6) is 0 Å². The molecule has 0 spiro atoms. The van der Waals surface area contributed by atoms with Crippen LogP contribution >= 0.6 is 23.2 Å². The van der Waals surface area contributed by atoms with Crippen LogP contribution in [0.2, 0.25) is 10.0 Å². The van der Waals surface area contributed by atoms with Gasteiger partial charge in [0.1, 0.15) is 5.54 Å². The summed E-state index contributed by atoms with van der Waals surface area (Å²) < 4.78 is 0. The molecule has 1 atom stereocenters. The van der Waals surface area contributed by atoms with Crippen molar-refractivity contribution in [2.75, 3.05) is 13.7 Å². The first-order valence-electron chi connectivity index (χ1n) is 8.13. The Kier molecular flexibility index (Phi) is 5.23. The van der Waals surface area contributed by atoms with Crippen molar-refractivity contribution < 1.29 is 9.59 Å². The first kappa shape index (κ1) is 18.7. The summed E-state index contributed by atoms with van der Waals surface area (Å²) >= 11 is 12.0. The number of halogens is 2. The van der Waals surface area contributed by atoms with E-state index in [9.17, 15) is 9.59 Å². The number of rotatable bonds is 5. The molecule has 0 bridgehead atoms. The zero-order valence-corrected chi connectivity index (χ0v) is 16.0. The summed E-state index contributed by atoms with van der Waals surface area (Å²) in [5.41, 5.74) is 0.649. The monoisotopic (exact) mass is 391 g/mol. The lowest BCUT2D eigenvalue weighted by molar-refractivity contribution is -0.132. The Morgan fingerprint density at radius 2 is 1.77 bits per heavy atom. The predicted molar refractivity (Wildman–Crippen MR) is 102 cm³/mol. The van der Waals surface area contributed by atoms with Crippen molar-refractivity contribution in [3.63, 3.8) is 0 Å². The molecule has 0 aromatic heterocycles. The van der Waals surface area contributed by atoms with Crippen LogP contribution in [0.3, 0.4) is 0 Å². The second-order valence-corrected chi connectivity index (χ2v) is 7.37. The molecule has 3 amide bonds. The first-order chi connectivity index (χ1) is 12.3. The van der Waals surface area contributed by atoms with Crippen LogP contribution in [0, 0.1) is 0 Å². The lowest BCUT2D eigenvalue weighted by Gasteiger charge is -2.25. The largest absolute Gasteiger partial charge is 0.326 e. The molecule has 1 fully saturated rings. The summed E-state index contributed by atoms with van der Waals surface area (Å²) in [6.45, 7) is 2.42. The van der Waals surface area contributed by atoms with Crippen LogP contribution in [-0.2, 0) is 16.9 Å². The third kappa shape index (κ3) is 3.56. The fraction of sp³-hybridized carbons (Fsp3) is 0.263. The second-order valence-electron chi connectivity index (χ2n) is 6.56. The van der Waals surface area contributed by atoms with Gasteiger partial charge < -0.3 is 5.32 Å². The van der Waals surface area contributed by atoms with Crippen LogP contribution in [0.15, 0.2) is 48.5 Å². The van der Waals surface area contributed by atoms with E-state index < -0.39 is 11.6 Å². The Morgan fingerprint density at radius 1 is 1.08 bits per heavy atom. The van der Waals surface area contributed by atoms with Crippen molar-refractivity contribution >= 4 is 35.1 Å². The molecule has 1 heterocycles. The van der Waals surface area contributed by atoms with Gasteiger partial charge in [-0.05, 0) is 37.2 Å². The molecule has 1 saturated heterocycles. The predicted octanol–water partition coefficient (Wildman–Crippen LogP) is 3.85. The molecule has 26 heavy (non-hydrogen) atoms. The average molecular weight is 392 g/mol. The Bertz CT molecular complexity index is 844. The van der Waals surface area contributed by atoms with Gasteiger partial charge in [0, 0.05) is 6.54 Å². The topological polar surface area (TPSA) is 52.6 Å². The summed E-state index contributed by atoms with van der Waals surface area (Å²) in [7, 11) is 1.83. The smallest absolute Gasteiger partial charge is 0.319 e. The van der Waals surface area contributed by atoms with Crippen LogP contribution in [-0.4, -0.2) is 35.5 Å². The summed E-state index contributed by atoms with van der Waals surface area (Å²) in [5, 5.41) is 3.77. The molecule has 1 aliphatic rings. The van der Waals surface area contributed by atoms with Crippen LogP contribution in [0.4, 0.5) is 4.79 Å². The normalized spacial score (nSPS) is 20.0. The maximum Gasteiger partial charge on any atom is 0.326 e. The number of amides is 3. The van der Waals surface area contributed by atoms with Crippen LogP contribution in [0.25, 0.3) is 0 Å². The maximum absolute atomic E-state index is 12.9. The summed E-state index contributed by atoms with van der Waals surface area (Å²) in [6, 6.07) is 14.2. The lowest BCUT2D eigenvalue weighted by atomic mass is 9.92. The number of nitrogens with zero attached hydrogens (tertiary/aromatic N) is 2. The van der Waals surface area contributed by atoms with Crippen LogP contribution < -0.4 is 5.32 Å². The summed E-state index contributed by atoms with van der Waals surface area (Å²) in [6.07, 6.45) is 0. The third-order valence-electron chi connectivity index (χ3n) is 4.45. The average Bonchev–Trinajstić information content (AvgIpc) is 2.83. The molecule has 2 aromatic rings. The number of hydrogen-bond donors (Lipinski definition) is 1. The van der Waals surface area contributed by atoms with Crippen molar-refractivity contribution in [1.29, 1.82) is 0 Å². The number of urea groups is 1. The van der Waals surface area contributed by atoms with Crippen molar-refractivity contribution in [3.8, 4) is 0 Å². The summed E-state index contributed by atoms with van der Waals surface area (Å²) in [4.78, 5) is 28.4. The Morgan fingerprint density at radius 3 is 2.42 bits per heavy atom. The van der Waals surface area contributed by atoms with Gasteiger partial charge in [-0.2, -0.15) is 0 Å². The molecule has 2 aromatic carbocycles. The highest BCUT2D eigenvalue weighted by Crippen LogP contribution is 2.29. The maximum atomic E-state index is 12.9. The highest BCUT2D eigenvalue weighted by Gasteiger charge is 2.49. The fourth-order valence-corrected chi connectivity index (χ4v) is 3.35. The van der Waals surface area contributed by atoms with E-state index in [1.54, 1.807) is 19.1 Å². The number of benzene rings is 2. The van der Waals surface area contributed by atoms with Gasteiger partial charge in [-0.3, -0.25) is 9.69 Å². The van der Waals surface area contributed by atoms with Gasteiger partial charge in [-0.1, -0.05) is 59.6 Å². The Labute approximate surface area is 162 Å². The quantitative estimate of drug-likeness (QED) is 0.787. The zero-order chi connectivity index (χ0) is 18.9. The van der Waals surface area contributed by atoms with Gasteiger partial charge in [0.05, 0.1) is 16.7 Å². The molecular weight excluding hydrogens is 373 g/mol. The number of nitrogens with one attached hydrogen (secondary N) is 1. The lowest BCUT2D eigenvalue weighted by Crippen LogP contribution is -2.42. The van der Waals surface area contributed by atoms with Gasteiger partial charge in [-0.15, -0.1) is 0 Å². The van der Waals surface area contributed by atoms with Gasteiger partial charge >= 0.3 is 6.03 Å². The van der Waals surface area contributed by atoms with Crippen molar-refractivity contribution in [1.82, 2.24) is 15.1 Å². The molecule has 7 heteroatoms. The van der Waals surface area contributed by atoms with Crippen molar-refractivity contribution in [2.45, 2.75) is 19.0 Å². The minimum absolute atomic E-state index is 0.174. The van der Waals surface area contributed by atoms with E-state index in [0.29, 0.717) is 16.6 Å². The third-order valence-corrected chi connectivity index (χ3v) is 5.18. The van der Waals surface area contributed by atoms with Crippen molar-refractivity contribution in [3.05, 3.63) is 69.7 Å². The van der Waals surface area contributed by atoms with Gasteiger partial charge in [0.25, 0.3) is 5.91 Å². The Hall–Kier alpha value is -2.08.